The SMILES string of the molecule is CC(=O)Nc1nccc(-c2cnc(NC(C)=O)[nH+]c2)n1. The third-order valence-electron chi connectivity index (χ3n) is 2.23. The van der Waals surface area contributed by atoms with Crippen molar-refractivity contribution in [3.63, 3.8) is 0 Å². The van der Waals surface area contributed by atoms with Crippen molar-refractivity contribution in [3.05, 3.63) is 24.7 Å². The minimum Gasteiger partial charge on any atom is -0.295 e. The first kappa shape index (κ1) is 13.5. The van der Waals surface area contributed by atoms with Crippen LogP contribution in [0.25, 0.3) is 11.3 Å². The molecule has 0 saturated heterocycles. The molecule has 3 N–H and O–H groups in total. The smallest absolute Gasteiger partial charge is 0.295 e. The maximum absolute atomic E-state index is 11.0. The number of nitrogens with one attached hydrogen (secondary N) is 3. The number of hydrogen-bond donors (Lipinski definition) is 2. The van der Waals surface area contributed by atoms with Gasteiger partial charge in [0.25, 0.3) is 5.91 Å². The Labute approximate surface area is 114 Å². The Hall–Kier alpha value is -2.90. The molecule has 0 aliphatic heterocycles. The first-order valence-electron chi connectivity index (χ1n) is 5.81. The number of aromatic nitrogens is 4. The lowest BCUT2D eigenvalue weighted by molar-refractivity contribution is -0.364. The third kappa shape index (κ3) is 3.55. The zero-order chi connectivity index (χ0) is 14.5. The number of hydrogen-bond acceptors (Lipinski definition) is 5. The van der Waals surface area contributed by atoms with Gasteiger partial charge in [-0.15, -0.1) is 0 Å². The minimum absolute atomic E-state index is 0.212. The Morgan fingerprint density at radius 3 is 2.50 bits per heavy atom. The Kier molecular flexibility index (Phi) is 3.94. The van der Waals surface area contributed by atoms with Crippen molar-refractivity contribution in [2.45, 2.75) is 13.8 Å². The Morgan fingerprint density at radius 1 is 1.15 bits per heavy atom. The van der Waals surface area contributed by atoms with E-state index < -0.39 is 0 Å². The Balaban J connectivity index is 2.22. The van der Waals surface area contributed by atoms with Crippen LogP contribution < -0.4 is 15.6 Å². The third-order valence-corrected chi connectivity index (χ3v) is 2.23. The van der Waals surface area contributed by atoms with Crippen LogP contribution in [0.15, 0.2) is 24.7 Å². The highest BCUT2D eigenvalue weighted by Crippen LogP contribution is 2.14. The summed E-state index contributed by atoms with van der Waals surface area (Å²) in [4.78, 5) is 36.8. The van der Waals surface area contributed by atoms with Crippen LogP contribution in [0.5, 0.6) is 0 Å². The maximum Gasteiger partial charge on any atom is 0.396 e. The van der Waals surface area contributed by atoms with E-state index in [9.17, 15) is 9.59 Å². The normalized spacial score (nSPS) is 9.90. The van der Waals surface area contributed by atoms with Gasteiger partial charge in [-0.05, 0) is 6.07 Å². The summed E-state index contributed by atoms with van der Waals surface area (Å²) in [6.45, 7) is 2.78. The molecule has 2 heterocycles. The molecule has 0 fully saturated rings. The number of carbonyl (C=O) groups excluding carboxylic acids is 2. The van der Waals surface area contributed by atoms with E-state index in [1.807, 2.05) is 0 Å². The molecule has 2 amide bonds. The van der Waals surface area contributed by atoms with Gasteiger partial charge in [0.2, 0.25) is 11.9 Å². The first-order chi connectivity index (χ1) is 9.54. The quantitative estimate of drug-likeness (QED) is 0.833. The highest BCUT2D eigenvalue weighted by molar-refractivity contribution is 5.87. The van der Waals surface area contributed by atoms with Crippen LogP contribution in [0.1, 0.15) is 13.8 Å². The van der Waals surface area contributed by atoms with Gasteiger partial charge in [-0.3, -0.25) is 14.9 Å². The van der Waals surface area contributed by atoms with Crippen molar-refractivity contribution in [1.29, 1.82) is 0 Å². The molecule has 8 heteroatoms. The molecule has 0 aliphatic carbocycles. The van der Waals surface area contributed by atoms with E-state index in [0.29, 0.717) is 17.2 Å². The summed E-state index contributed by atoms with van der Waals surface area (Å²) in [6.07, 6.45) is 4.75. The molecule has 0 aliphatic rings. The molecule has 0 bridgehead atoms. The molecule has 2 aromatic rings. The largest absolute Gasteiger partial charge is 0.396 e. The topological polar surface area (TPSA) is 111 Å². The zero-order valence-corrected chi connectivity index (χ0v) is 11.0. The zero-order valence-electron chi connectivity index (χ0n) is 11.0. The fourth-order valence-electron chi connectivity index (χ4n) is 1.47. The summed E-state index contributed by atoms with van der Waals surface area (Å²) in [6, 6.07) is 1.69. The van der Waals surface area contributed by atoms with Gasteiger partial charge < -0.3 is 0 Å². The molecule has 0 atom stereocenters. The van der Waals surface area contributed by atoms with Gasteiger partial charge in [-0.2, -0.15) is 0 Å². The summed E-state index contributed by atoms with van der Waals surface area (Å²) < 4.78 is 0. The monoisotopic (exact) mass is 273 g/mol. The molecule has 0 saturated carbocycles. The van der Waals surface area contributed by atoms with Crippen molar-refractivity contribution in [2.24, 2.45) is 0 Å². The van der Waals surface area contributed by atoms with E-state index in [4.69, 9.17) is 0 Å². The Morgan fingerprint density at radius 2 is 1.90 bits per heavy atom. The van der Waals surface area contributed by atoms with Gasteiger partial charge in [0, 0.05) is 20.0 Å². The summed E-state index contributed by atoms with van der Waals surface area (Å²) >= 11 is 0. The van der Waals surface area contributed by atoms with E-state index in [0.717, 1.165) is 0 Å². The molecular formula is C12H13N6O2+. The highest BCUT2D eigenvalue weighted by Gasteiger charge is 2.09. The van der Waals surface area contributed by atoms with Crippen molar-refractivity contribution >= 4 is 23.7 Å². The van der Waals surface area contributed by atoms with Crippen LogP contribution in [0.4, 0.5) is 11.9 Å². The summed E-state index contributed by atoms with van der Waals surface area (Å²) in [5, 5.41) is 5.03. The molecular weight excluding hydrogens is 260 g/mol. The second-order valence-corrected chi connectivity index (χ2v) is 3.98. The van der Waals surface area contributed by atoms with Crippen LogP contribution in [-0.4, -0.2) is 26.8 Å². The van der Waals surface area contributed by atoms with Crippen LogP contribution in [-0.2, 0) is 9.59 Å². The number of anilines is 2. The van der Waals surface area contributed by atoms with Gasteiger partial charge in [-0.1, -0.05) is 4.98 Å². The number of aromatic amines is 1. The average molecular weight is 273 g/mol. The second kappa shape index (κ2) is 5.83. The van der Waals surface area contributed by atoms with E-state index >= 15 is 0 Å². The van der Waals surface area contributed by atoms with E-state index in [2.05, 4.69) is 30.6 Å². The lowest BCUT2D eigenvalue weighted by Crippen LogP contribution is -2.18. The highest BCUT2D eigenvalue weighted by atomic mass is 16.2. The predicted molar refractivity (Wildman–Crippen MR) is 70.4 cm³/mol. The average Bonchev–Trinajstić information content (AvgIpc) is 2.38. The molecule has 20 heavy (non-hydrogen) atoms. The number of rotatable bonds is 3. The fourth-order valence-corrected chi connectivity index (χ4v) is 1.47. The van der Waals surface area contributed by atoms with Gasteiger partial charge in [0.15, 0.2) is 0 Å². The van der Waals surface area contributed by atoms with Crippen LogP contribution in [0.2, 0.25) is 0 Å². The molecule has 0 aromatic carbocycles. The molecule has 0 spiro atoms. The lowest BCUT2D eigenvalue weighted by Gasteiger charge is -2.02. The molecule has 2 aromatic heterocycles. The maximum atomic E-state index is 11.0. The minimum atomic E-state index is -0.243. The van der Waals surface area contributed by atoms with Crippen LogP contribution in [0.3, 0.4) is 0 Å². The number of H-pyrrole nitrogens is 1. The summed E-state index contributed by atoms with van der Waals surface area (Å²) in [5.74, 6) is 0.114. The Bertz CT molecular complexity index is 641. The standard InChI is InChI=1S/C12H12N6O2/c1-7(19)16-11-14-5-9(6-15-11)10-3-4-13-12(18-10)17-8(2)20/h3-6H,1-2H3,(H,13,17,18,20)(H,14,15,16,19)/p+1. The van der Waals surface area contributed by atoms with Gasteiger partial charge >= 0.3 is 5.95 Å². The molecule has 0 unspecified atom stereocenters. The molecule has 8 nitrogen and oxygen atoms in total. The molecule has 2 rings (SSSR count). The predicted octanol–water partition coefficient (Wildman–Crippen LogP) is 0.269. The number of carbonyl (C=O) groups is 2. The second-order valence-electron chi connectivity index (χ2n) is 3.98. The molecule has 0 radical (unpaired) electrons. The van der Waals surface area contributed by atoms with E-state index in [-0.39, 0.29) is 17.8 Å². The van der Waals surface area contributed by atoms with Crippen molar-refractivity contribution in [1.82, 2.24) is 15.0 Å². The van der Waals surface area contributed by atoms with E-state index in [1.54, 1.807) is 18.5 Å². The summed E-state index contributed by atoms with van der Waals surface area (Å²) in [5.41, 5.74) is 1.30. The van der Waals surface area contributed by atoms with Crippen LogP contribution in [0, 0.1) is 0 Å². The number of nitrogens with zero attached hydrogens (tertiary/aromatic N) is 3. The first-order valence-corrected chi connectivity index (χ1v) is 5.81. The molecule has 102 valence electrons. The van der Waals surface area contributed by atoms with E-state index in [1.165, 1.54) is 20.0 Å². The van der Waals surface area contributed by atoms with Gasteiger partial charge in [0.1, 0.15) is 6.20 Å². The lowest BCUT2D eigenvalue weighted by atomic mass is 10.2. The van der Waals surface area contributed by atoms with Crippen molar-refractivity contribution in [2.75, 3.05) is 10.6 Å². The summed E-state index contributed by atoms with van der Waals surface area (Å²) in [7, 11) is 0. The van der Waals surface area contributed by atoms with Crippen molar-refractivity contribution in [3.8, 4) is 11.3 Å². The van der Waals surface area contributed by atoms with Gasteiger partial charge in [-0.25, -0.2) is 20.3 Å². The van der Waals surface area contributed by atoms with Crippen LogP contribution >= 0.6 is 0 Å². The van der Waals surface area contributed by atoms with Crippen molar-refractivity contribution < 1.29 is 14.6 Å². The number of amides is 2. The fraction of sp³-hybridized carbons (Fsp3) is 0.167. The van der Waals surface area contributed by atoms with Gasteiger partial charge in [0.05, 0.1) is 17.5 Å².